The van der Waals surface area contributed by atoms with Gasteiger partial charge in [-0.05, 0) is 36.4 Å². The van der Waals surface area contributed by atoms with Gasteiger partial charge >= 0.3 is 0 Å². The van der Waals surface area contributed by atoms with Crippen LogP contribution >= 0.6 is 11.6 Å². The Morgan fingerprint density at radius 3 is 2.16 bits per heavy atom. The van der Waals surface area contributed by atoms with Crippen LogP contribution in [-0.4, -0.2) is 25.4 Å². The van der Waals surface area contributed by atoms with Crippen molar-refractivity contribution in [3.05, 3.63) is 47.2 Å². The van der Waals surface area contributed by atoms with Crippen LogP contribution in [0.5, 0.6) is 0 Å². The number of likely N-dealkylation sites (N-methyl/N-ethyl adjacent to an activating group) is 1. The summed E-state index contributed by atoms with van der Waals surface area (Å²) in [4.78, 5) is 22.8. The quantitative estimate of drug-likeness (QED) is 0.862. The summed E-state index contributed by atoms with van der Waals surface area (Å²) in [5.74, 6) is 0.00209. The lowest BCUT2D eigenvalue weighted by Gasteiger charge is -2.01. The van der Waals surface area contributed by atoms with Gasteiger partial charge in [-0.1, -0.05) is 43.7 Å². The van der Waals surface area contributed by atoms with Gasteiger partial charge in [0.1, 0.15) is 5.76 Å². The molecule has 5 nitrogen and oxygen atoms in total. The van der Waals surface area contributed by atoms with Gasteiger partial charge in [0.15, 0.2) is 5.76 Å². The van der Waals surface area contributed by atoms with E-state index in [1.165, 1.54) is 39.2 Å². The number of hydrogen-bond donors (Lipinski definition) is 2. The van der Waals surface area contributed by atoms with E-state index in [4.69, 9.17) is 16.0 Å². The van der Waals surface area contributed by atoms with Gasteiger partial charge in [-0.2, -0.15) is 0 Å². The molecule has 1 aliphatic rings. The summed E-state index contributed by atoms with van der Waals surface area (Å²) in [5, 5.41) is 5.50. The van der Waals surface area contributed by atoms with E-state index in [1.54, 1.807) is 36.4 Å². The van der Waals surface area contributed by atoms with E-state index in [1.807, 2.05) is 0 Å². The summed E-state index contributed by atoms with van der Waals surface area (Å²) >= 11 is 5.81. The molecule has 0 unspecified atom stereocenters. The molecule has 1 aromatic carbocycles. The fourth-order valence-corrected chi connectivity index (χ4v) is 2.58. The molecule has 1 aromatic heterocycles. The normalized spacial score (nSPS) is 12.9. The number of carbonyl (C=O) groups is 2. The first kappa shape index (κ1) is 19.1. The number of halogens is 1. The molecule has 0 saturated heterocycles. The topological polar surface area (TPSA) is 71.3 Å². The molecule has 2 aromatic rings. The fraction of sp³-hybridized carbons (Fsp3) is 0.368. The van der Waals surface area contributed by atoms with Crippen LogP contribution < -0.4 is 10.6 Å². The van der Waals surface area contributed by atoms with Crippen molar-refractivity contribution in [1.82, 2.24) is 10.6 Å². The van der Waals surface area contributed by atoms with Crippen LogP contribution in [0.15, 0.2) is 40.8 Å². The highest BCUT2D eigenvalue weighted by molar-refractivity contribution is 6.30. The number of carbonyl (C=O) groups excluding carboxylic acids is 2. The van der Waals surface area contributed by atoms with Gasteiger partial charge in [-0.15, -0.1) is 0 Å². The second-order valence-corrected chi connectivity index (χ2v) is 6.23. The lowest BCUT2D eigenvalue weighted by molar-refractivity contribution is -0.119. The minimum Gasteiger partial charge on any atom is -0.451 e. The zero-order valence-corrected chi connectivity index (χ0v) is 15.1. The van der Waals surface area contributed by atoms with Gasteiger partial charge in [0.25, 0.3) is 5.91 Å². The first-order chi connectivity index (χ1) is 12.1. The summed E-state index contributed by atoms with van der Waals surface area (Å²) in [6, 6.07) is 10.3. The number of rotatable bonds is 4. The van der Waals surface area contributed by atoms with E-state index in [-0.39, 0.29) is 18.2 Å². The number of hydrogen-bond acceptors (Lipinski definition) is 3. The summed E-state index contributed by atoms with van der Waals surface area (Å²) in [5.41, 5.74) is 0.819. The second kappa shape index (κ2) is 9.89. The Hall–Kier alpha value is -2.27. The molecular weight excluding hydrogens is 340 g/mol. The predicted octanol–water partition coefficient (Wildman–Crippen LogP) is 4.03. The van der Waals surface area contributed by atoms with Gasteiger partial charge in [0, 0.05) is 17.6 Å². The molecule has 134 valence electrons. The Kier molecular flexibility index (Phi) is 7.54. The molecule has 25 heavy (non-hydrogen) atoms. The third-order valence-corrected chi connectivity index (χ3v) is 4.15. The number of amides is 2. The molecule has 0 aliphatic heterocycles. The van der Waals surface area contributed by atoms with Crippen molar-refractivity contribution in [3.63, 3.8) is 0 Å². The lowest BCUT2D eigenvalue weighted by Crippen LogP contribution is -2.34. The van der Waals surface area contributed by atoms with Crippen LogP contribution in [0.25, 0.3) is 11.3 Å². The minimum absolute atomic E-state index is 0.0910. The number of furan rings is 1. The Labute approximate surface area is 152 Å². The smallest absolute Gasteiger partial charge is 0.287 e. The largest absolute Gasteiger partial charge is 0.451 e. The van der Waals surface area contributed by atoms with E-state index in [2.05, 4.69) is 10.6 Å². The molecule has 2 N–H and O–H groups in total. The van der Waals surface area contributed by atoms with Gasteiger partial charge in [-0.3, -0.25) is 9.59 Å². The molecule has 2 amide bonds. The van der Waals surface area contributed by atoms with Gasteiger partial charge in [-0.25, -0.2) is 0 Å². The van der Waals surface area contributed by atoms with Crippen LogP contribution in [0, 0.1) is 0 Å². The maximum Gasteiger partial charge on any atom is 0.287 e. The minimum atomic E-state index is -0.436. The maximum atomic E-state index is 11.8. The molecule has 0 bridgehead atoms. The first-order valence-corrected chi connectivity index (χ1v) is 8.82. The van der Waals surface area contributed by atoms with Gasteiger partial charge < -0.3 is 15.1 Å². The molecule has 6 heteroatoms. The standard InChI is InChI=1S/C14H13ClN2O3.C5H10/c1-16-13(18)8-17-14(19)12-7-6-11(20-12)9-2-4-10(15)5-3-9;1-2-4-5-3-1/h2-7H,8H2,1H3,(H,16,18)(H,17,19);1-5H2. The van der Waals surface area contributed by atoms with E-state index >= 15 is 0 Å². The summed E-state index contributed by atoms with van der Waals surface area (Å²) in [6.07, 6.45) is 7.50. The number of nitrogens with one attached hydrogen (secondary N) is 2. The van der Waals surface area contributed by atoms with Crippen molar-refractivity contribution in [2.45, 2.75) is 32.1 Å². The van der Waals surface area contributed by atoms with Crippen molar-refractivity contribution in [1.29, 1.82) is 0 Å². The van der Waals surface area contributed by atoms with Crippen molar-refractivity contribution in [3.8, 4) is 11.3 Å². The molecule has 0 spiro atoms. The highest BCUT2D eigenvalue weighted by Crippen LogP contribution is 2.23. The SMILES string of the molecule is C1CCCC1.CNC(=O)CNC(=O)c1ccc(-c2ccc(Cl)cc2)o1. The zero-order chi connectivity index (χ0) is 18.1. The van der Waals surface area contributed by atoms with Crippen LogP contribution in [0.3, 0.4) is 0 Å². The van der Waals surface area contributed by atoms with E-state index in [0.29, 0.717) is 10.8 Å². The molecule has 0 radical (unpaired) electrons. The first-order valence-electron chi connectivity index (χ1n) is 8.44. The maximum absolute atomic E-state index is 11.8. The van der Waals surface area contributed by atoms with Gasteiger partial charge in [0.2, 0.25) is 5.91 Å². The Morgan fingerprint density at radius 2 is 1.60 bits per heavy atom. The summed E-state index contributed by atoms with van der Waals surface area (Å²) in [7, 11) is 1.50. The average molecular weight is 363 g/mol. The Balaban J connectivity index is 0.000000386. The molecule has 0 atom stereocenters. The summed E-state index contributed by atoms with van der Waals surface area (Å²) < 4.78 is 5.45. The van der Waals surface area contributed by atoms with Crippen molar-refractivity contribution < 1.29 is 14.0 Å². The molecule has 3 rings (SSSR count). The highest BCUT2D eigenvalue weighted by Gasteiger charge is 2.12. The monoisotopic (exact) mass is 362 g/mol. The Bertz CT molecular complexity index is 683. The highest BCUT2D eigenvalue weighted by atomic mass is 35.5. The fourth-order valence-electron chi connectivity index (χ4n) is 2.45. The van der Waals surface area contributed by atoms with Crippen molar-refractivity contribution in [2.75, 3.05) is 13.6 Å². The lowest BCUT2D eigenvalue weighted by atomic mass is 10.2. The molecule has 1 fully saturated rings. The molecule has 1 saturated carbocycles. The second-order valence-electron chi connectivity index (χ2n) is 5.79. The van der Waals surface area contributed by atoms with Crippen LogP contribution in [0.4, 0.5) is 0 Å². The van der Waals surface area contributed by atoms with Crippen LogP contribution in [-0.2, 0) is 4.79 Å². The van der Waals surface area contributed by atoms with E-state index in [9.17, 15) is 9.59 Å². The predicted molar refractivity (Wildman–Crippen MR) is 98.6 cm³/mol. The van der Waals surface area contributed by atoms with Crippen molar-refractivity contribution >= 4 is 23.4 Å². The van der Waals surface area contributed by atoms with Gasteiger partial charge in [0.05, 0.1) is 6.54 Å². The van der Waals surface area contributed by atoms with E-state index < -0.39 is 5.91 Å². The third kappa shape index (κ3) is 6.27. The molecule has 1 aliphatic carbocycles. The van der Waals surface area contributed by atoms with Crippen LogP contribution in [0.1, 0.15) is 42.7 Å². The number of benzene rings is 1. The van der Waals surface area contributed by atoms with Crippen molar-refractivity contribution in [2.24, 2.45) is 0 Å². The zero-order valence-electron chi connectivity index (χ0n) is 14.3. The molecule has 1 heterocycles. The summed E-state index contributed by atoms with van der Waals surface area (Å²) in [6.45, 7) is -0.0910. The average Bonchev–Trinajstić information content (AvgIpc) is 3.34. The Morgan fingerprint density at radius 1 is 1.00 bits per heavy atom. The third-order valence-electron chi connectivity index (χ3n) is 3.90. The molecular formula is C19H23ClN2O3. The van der Waals surface area contributed by atoms with E-state index in [0.717, 1.165) is 5.56 Å². The van der Waals surface area contributed by atoms with Crippen LogP contribution in [0.2, 0.25) is 5.02 Å².